The molecule has 0 spiro atoms. The molecule has 0 aliphatic carbocycles. The first-order valence-corrected chi connectivity index (χ1v) is 13.0. The highest BCUT2D eigenvalue weighted by Crippen LogP contribution is 2.46. The van der Waals surface area contributed by atoms with Gasteiger partial charge in [0.2, 0.25) is 0 Å². The van der Waals surface area contributed by atoms with E-state index in [-0.39, 0.29) is 23.0 Å². The Labute approximate surface area is 225 Å². The Balaban J connectivity index is 1.64. The molecule has 2 unspecified atom stereocenters. The third-order valence-electron chi connectivity index (χ3n) is 7.03. The molecule has 7 nitrogen and oxygen atoms in total. The number of carbonyl (C=O) groups is 2. The summed E-state index contributed by atoms with van der Waals surface area (Å²) in [5.74, 6) is -0.844. The van der Waals surface area contributed by atoms with Gasteiger partial charge >= 0.3 is 6.18 Å². The van der Waals surface area contributed by atoms with Gasteiger partial charge in [0, 0.05) is 23.3 Å². The number of hydrogen-bond donors (Lipinski definition) is 2. The molecular weight excluding hydrogens is 521 g/mol. The van der Waals surface area contributed by atoms with Gasteiger partial charge in [-0.2, -0.15) is 13.2 Å². The smallest absolute Gasteiger partial charge is 0.420 e. The van der Waals surface area contributed by atoms with Gasteiger partial charge in [0.25, 0.3) is 11.8 Å². The fourth-order valence-electron chi connectivity index (χ4n) is 5.32. The van der Waals surface area contributed by atoms with Crippen LogP contribution >= 0.6 is 11.6 Å². The molecule has 0 radical (unpaired) electrons. The number of anilines is 1. The van der Waals surface area contributed by atoms with Crippen molar-refractivity contribution in [3.63, 3.8) is 0 Å². The van der Waals surface area contributed by atoms with Crippen molar-refractivity contribution in [3.8, 4) is 5.75 Å². The number of nitrogens with zero attached hydrogens (tertiary/aromatic N) is 2. The number of ether oxygens (including phenoxy) is 1. The summed E-state index contributed by atoms with van der Waals surface area (Å²) in [6.45, 7) is 6.59. The zero-order chi connectivity index (χ0) is 27.9. The van der Waals surface area contributed by atoms with Crippen molar-refractivity contribution >= 4 is 29.2 Å². The first-order chi connectivity index (χ1) is 17.7. The van der Waals surface area contributed by atoms with Gasteiger partial charge in [0.1, 0.15) is 17.2 Å². The molecule has 38 heavy (non-hydrogen) atoms. The second kappa shape index (κ2) is 10.3. The Morgan fingerprint density at radius 2 is 1.92 bits per heavy atom. The quantitative estimate of drug-likeness (QED) is 0.459. The average Bonchev–Trinajstić information content (AvgIpc) is 3.03. The molecule has 1 aromatic heterocycles. The third-order valence-corrected chi connectivity index (χ3v) is 7.26. The fraction of sp³-hybridized carbons (Fsp3) is 0.519. The van der Waals surface area contributed by atoms with Crippen molar-refractivity contribution in [1.82, 2.24) is 15.6 Å². The van der Waals surface area contributed by atoms with Gasteiger partial charge in [-0.3, -0.25) is 9.59 Å². The van der Waals surface area contributed by atoms with Gasteiger partial charge in [-0.1, -0.05) is 11.6 Å². The molecule has 1 aromatic carbocycles. The highest BCUT2D eigenvalue weighted by atomic mass is 35.5. The van der Waals surface area contributed by atoms with Crippen molar-refractivity contribution in [1.29, 1.82) is 0 Å². The maximum atomic E-state index is 13.6. The van der Waals surface area contributed by atoms with E-state index in [1.807, 2.05) is 18.7 Å². The van der Waals surface area contributed by atoms with Crippen molar-refractivity contribution in [3.05, 3.63) is 52.7 Å². The number of hydrogen-bond acceptors (Lipinski definition) is 5. The molecule has 206 valence electrons. The van der Waals surface area contributed by atoms with Gasteiger partial charge in [0.15, 0.2) is 5.60 Å². The first kappa shape index (κ1) is 28.0. The molecule has 2 aromatic rings. The van der Waals surface area contributed by atoms with Gasteiger partial charge in [-0.25, -0.2) is 4.98 Å². The van der Waals surface area contributed by atoms with Crippen LogP contribution in [0.25, 0.3) is 0 Å². The van der Waals surface area contributed by atoms with E-state index in [1.54, 1.807) is 18.3 Å². The van der Waals surface area contributed by atoms with Crippen LogP contribution in [0.3, 0.4) is 0 Å². The van der Waals surface area contributed by atoms with Gasteiger partial charge in [-0.05, 0) is 90.1 Å². The molecule has 4 rings (SSSR count). The number of piperidine rings is 1. The average molecular weight is 553 g/mol. The predicted octanol–water partition coefficient (Wildman–Crippen LogP) is 5.71. The molecule has 11 heteroatoms. The molecule has 2 atom stereocenters. The molecule has 3 heterocycles. The second-order valence-electron chi connectivity index (χ2n) is 10.7. The van der Waals surface area contributed by atoms with E-state index in [2.05, 4.69) is 15.6 Å². The highest BCUT2D eigenvalue weighted by Gasteiger charge is 2.52. The second-order valence-corrected chi connectivity index (χ2v) is 11.1. The maximum absolute atomic E-state index is 13.6. The molecule has 2 aliphatic heterocycles. The van der Waals surface area contributed by atoms with Crippen LogP contribution in [0.4, 0.5) is 19.0 Å². The number of nitrogens with one attached hydrogen (secondary N) is 2. The van der Waals surface area contributed by atoms with Crippen LogP contribution in [-0.2, 0) is 11.0 Å². The van der Waals surface area contributed by atoms with Crippen LogP contribution in [-0.4, -0.2) is 40.1 Å². The maximum Gasteiger partial charge on any atom is 0.420 e. The number of rotatable bonds is 7. The zero-order valence-electron chi connectivity index (χ0n) is 21.8. The topological polar surface area (TPSA) is 83.6 Å². The minimum atomic E-state index is -4.71. The minimum Gasteiger partial charge on any atom is -0.477 e. The Morgan fingerprint density at radius 1 is 1.18 bits per heavy atom. The number of amides is 2. The third kappa shape index (κ3) is 5.55. The Hall–Kier alpha value is -3.01. The van der Waals surface area contributed by atoms with Crippen molar-refractivity contribution in [2.24, 2.45) is 0 Å². The summed E-state index contributed by atoms with van der Waals surface area (Å²) in [5.41, 5.74) is -3.15. The van der Waals surface area contributed by atoms with E-state index in [0.717, 1.165) is 31.4 Å². The SMILES string of the molecule is CC(C)NC(=O)c1cccnc1N1C2CCCC1(NC(=O)C(C)(C)Oc1ccc(Cl)cc1C(F)(F)F)CC2. The molecule has 2 saturated heterocycles. The lowest BCUT2D eigenvalue weighted by molar-refractivity contribution is -0.144. The minimum absolute atomic E-state index is 0.0571. The molecule has 2 fully saturated rings. The van der Waals surface area contributed by atoms with E-state index < -0.39 is 34.7 Å². The summed E-state index contributed by atoms with van der Waals surface area (Å²) in [7, 11) is 0. The Morgan fingerprint density at radius 3 is 2.61 bits per heavy atom. The normalized spacial score (nSPS) is 21.4. The molecule has 2 bridgehead atoms. The number of benzene rings is 1. The summed E-state index contributed by atoms with van der Waals surface area (Å²) in [5, 5.41) is 5.90. The lowest BCUT2D eigenvalue weighted by Gasteiger charge is -2.47. The van der Waals surface area contributed by atoms with Gasteiger partial charge < -0.3 is 20.3 Å². The summed E-state index contributed by atoms with van der Waals surface area (Å²) < 4.78 is 46.6. The van der Waals surface area contributed by atoms with Gasteiger partial charge in [-0.15, -0.1) is 0 Å². The van der Waals surface area contributed by atoms with Crippen LogP contribution in [0.2, 0.25) is 5.02 Å². The van der Waals surface area contributed by atoms with E-state index in [1.165, 1.54) is 19.9 Å². The van der Waals surface area contributed by atoms with Crippen LogP contribution in [0.1, 0.15) is 75.7 Å². The van der Waals surface area contributed by atoms with Crippen molar-refractivity contribution in [2.45, 2.75) is 89.3 Å². The van der Waals surface area contributed by atoms with Crippen LogP contribution < -0.4 is 20.3 Å². The zero-order valence-corrected chi connectivity index (χ0v) is 22.5. The highest BCUT2D eigenvalue weighted by molar-refractivity contribution is 6.30. The fourth-order valence-corrected chi connectivity index (χ4v) is 5.49. The summed E-state index contributed by atoms with van der Waals surface area (Å²) >= 11 is 5.79. The Bertz CT molecular complexity index is 1220. The lowest BCUT2D eigenvalue weighted by atomic mass is 9.94. The molecule has 2 aliphatic rings. The summed E-state index contributed by atoms with van der Waals surface area (Å²) in [6, 6.07) is 6.56. The standard InChI is InChI=1S/C27H32ClF3N4O3/c1-16(2)33-23(36)19-8-6-14-32-22(19)35-18-7-5-12-26(35,13-11-18)34-24(37)25(3,4)38-21-10-9-17(28)15-20(21)27(29,30)31/h6,8-10,14-16,18H,5,7,11-13H2,1-4H3,(H,33,36)(H,34,37). The number of halogens is 4. The summed E-state index contributed by atoms with van der Waals surface area (Å²) in [6.07, 6.45) is 0.599. The lowest BCUT2D eigenvalue weighted by Crippen LogP contribution is -2.65. The van der Waals surface area contributed by atoms with E-state index in [4.69, 9.17) is 16.3 Å². The van der Waals surface area contributed by atoms with Crippen LogP contribution in [0.15, 0.2) is 36.5 Å². The molecular formula is C27H32ClF3N4O3. The molecule has 2 N–H and O–H groups in total. The summed E-state index contributed by atoms with van der Waals surface area (Å²) in [4.78, 5) is 33.2. The van der Waals surface area contributed by atoms with Crippen LogP contribution in [0, 0.1) is 0 Å². The number of aromatic nitrogens is 1. The van der Waals surface area contributed by atoms with Crippen LogP contribution in [0.5, 0.6) is 5.75 Å². The molecule has 2 amide bonds. The Kier molecular flexibility index (Phi) is 7.58. The monoisotopic (exact) mass is 552 g/mol. The molecule has 0 saturated carbocycles. The largest absolute Gasteiger partial charge is 0.477 e. The van der Waals surface area contributed by atoms with Crippen molar-refractivity contribution < 1.29 is 27.5 Å². The van der Waals surface area contributed by atoms with E-state index in [0.29, 0.717) is 24.2 Å². The van der Waals surface area contributed by atoms with Crippen molar-refractivity contribution in [2.75, 3.05) is 4.90 Å². The van der Waals surface area contributed by atoms with E-state index >= 15 is 0 Å². The first-order valence-electron chi connectivity index (χ1n) is 12.7. The number of alkyl halides is 3. The predicted molar refractivity (Wildman–Crippen MR) is 138 cm³/mol. The number of fused-ring (bicyclic) bond motifs is 2. The van der Waals surface area contributed by atoms with Gasteiger partial charge in [0.05, 0.1) is 11.1 Å². The number of carbonyl (C=O) groups excluding carboxylic acids is 2. The number of pyridine rings is 1. The van der Waals surface area contributed by atoms with E-state index in [9.17, 15) is 22.8 Å².